The van der Waals surface area contributed by atoms with Crippen LogP contribution in [0.25, 0.3) is 10.8 Å². The van der Waals surface area contributed by atoms with Crippen molar-refractivity contribution in [1.82, 2.24) is 5.32 Å². The topological polar surface area (TPSA) is 66.4 Å². The summed E-state index contributed by atoms with van der Waals surface area (Å²) in [4.78, 5) is 0.152. The lowest BCUT2D eigenvalue weighted by Crippen LogP contribution is -2.09. The zero-order chi connectivity index (χ0) is 27.4. The summed E-state index contributed by atoms with van der Waals surface area (Å²) in [5.41, 5.74) is 1.96. The van der Waals surface area contributed by atoms with E-state index in [4.69, 9.17) is 0 Å². The minimum absolute atomic E-state index is 0.152. The Bertz CT molecular complexity index is 954. The van der Waals surface area contributed by atoms with Crippen LogP contribution in [0.5, 0.6) is 0 Å². The summed E-state index contributed by atoms with van der Waals surface area (Å²) in [6.45, 7) is 10.8. The molecule has 0 fully saturated rings. The van der Waals surface area contributed by atoms with Gasteiger partial charge in [0.15, 0.2) is 0 Å². The molecule has 0 saturated carbocycles. The van der Waals surface area contributed by atoms with Crippen LogP contribution in [0.3, 0.4) is 0 Å². The van der Waals surface area contributed by atoms with Gasteiger partial charge in [-0.25, -0.2) is 0 Å². The summed E-state index contributed by atoms with van der Waals surface area (Å²) in [6, 6.07) is 9.73. The number of unbranched alkanes of at least 4 members (excludes halogenated alkanes) is 12. The van der Waals surface area contributed by atoms with Crippen LogP contribution in [0.1, 0.15) is 129 Å². The van der Waals surface area contributed by atoms with E-state index < -0.39 is 10.1 Å². The van der Waals surface area contributed by atoms with Crippen molar-refractivity contribution in [1.29, 1.82) is 0 Å². The predicted octanol–water partition coefficient (Wildman–Crippen LogP) is 9.29. The fourth-order valence-electron chi connectivity index (χ4n) is 4.99. The number of hydrogen-bond acceptors (Lipinski definition) is 3. The molecular formula is C32H55NO3S. The zero-order valence-electron chi connectivity index (χ0n) is 24.3. The van der Waals surface area contributed by atoms with Gasteiger partial charge in [0.25, 0.3) is 10.1 Å². The van der Waals surface area contributed by atoms with Crippen molar-refractivity contribution < 1.29 is 13.0 Å². The molecule has 2 rings (SSSR count). The van der Waals surface area contributed by atoms with Gasteiger partial charge in [-0.15, -0.1) is 0 Å². The Balaban J connectivity index is 0.00000124. The number of nitrogens with one attached hydrogen (secondary N) is 1. The standard InChI is InChI=1S/C28H44O3S.C4H11N/c1-3-5-7-9-11-13-15-19-24-23-25-20-17-18-22-27(25)28(32(29,30)31)26(24)21-16-14-12-10-8-6-4-2;1-3-5-4-2/h17-18,20,22-23H,3-16,19,21H2,1-2H3,(H,29,30,31);5H,3-4H2,1-2H3. The zero-order valence-corrected chi connectivity index (χ0v) is 25.1. The van der Waals surface area contributed by atoms with Gasteiger partial charge in [-0.1, -0.05) is 135 Å². The van der Waals surface area contributed by atoms with E-state index >= 15 is 0 Å². The van der Waals surface area contributed by atoms with Crippen LogP contribution in [0.15, 0.2) is 35.2 Å². The van der Waals surface area contributed by atoms with Crippen LogP contribution in [-0.2, 0) is 23.0 Å². The van der Waals surface area contributed by atoms with Crippen molar-refractivity contribution in [2.75, 3.05) is 13.1 Å². The molecule has 0 heterocycles. The molecule has 0 saturated heterocycles. The third-order valence-electron chi connectivity index (χ3n) is 7.03. The summed E-state index contributed by atoms with van der Waals surface area (Å²) in [5, 5.41) is 4.66. The summed E-state index contributed by atoms with van der Waals surface area (Å²) < 4.78 is 35.1. The molecule has 2 aromatic rings. The van der Waals surface area contributed by atoms with Crippen molar-refractivity contribution in [3.05, 3.63) is 41.5 Å². The number of rotatable bonds is 19. The van der Waals surface area contributed by atoms with E-state index in [0.29, 0.717) is 5.39 Å². The lowest BCUT2D eigenvalue weighted by atomic mass is 9.93. The minimum atomic E-state index is -4.28. The highest BCUT2D eigenvalue weighted by atomic mass is 32.2. The third kappa shape index (κ3) is 13.8. The van der Waals surface area contributed by atoms with Crippen LogP contribution in [0.4, 0.5) is 0 Å². The first-order valence-corrected chi connectivity index (χ1v) is 16.6. The van der Waals surface area contributed by atoms with E-state index in [0.717, 1.165) is 61.7 Å². The maximum Gasteiger partial charge on any atom is 0.295 e. The minimum Gasteiger partial charge on any atom is -0.317 e. The summed E-state index contributed by atoms with van der Waals surface area (Å²) in [5.74, 6) is 0. The highest BCUT2D eigenvalue weighted by molar-refractivity contribution is 7.86. The van der Waals surface area contributed by atoms with Gasteiger partial charge >= 0.3 is 0 Å². The molecule has 0 aliphatic rings. The van der Waals surface area contributed by atoms with E-state index in [1.54, 1.807) is 0 Å². The van der Waals surface area contributed by atoms with Crippen molar-refractivity contribution >= 4 is 20.9 Å². The monoisotopic (exact) mass is 533 g/mol. The maximum absolute atomic E-state index is 12.5. The molecule has 2 aromatic carbocycles. The first-order valence-electron chi connectivity index (χ1n) is 15.1. The lowest BCUT2D eigenvalue weighted by molar-refractivity contribution is 0.482. The Hall–Kier alpha value is -1.43. The summed E-state index contributed by atoms with van der Waals surface area (Å²) in [6.07, 6.45) is 18.6. The fourth-order valence-corrected chi connectivity index (χ4v) is 5.99. The second-order valence-corrected chi connectivity index (χ2v) is 11.6. The highest BCUT2D eigenvalue weighted by Gasteiger charge is 2.22. The Morgan fingerprint density at radius 2 is 1.16 bits per heavy atom. The lowest BCUT2D eigenvalue weighted by Gasteiger charge is -2.17. The molecule has 4 nitrogen and oxygen atoms in total. The van der Waals surface area contributed by atoms with E-state index in [9.17, 15) is 13.0 Å². The number of fused-ring (bicyclic) bond motifs is 1. The number of benzene rings is 2. The van der Waals surface area contributed by atoms with Crippen molar-refractivity contribution in [3.63, 3.8) is 0 Å². The van der Waals surface area contributed by atoms with Crippen LogP contribution in [0.2, 0.25) is 0 Å². The van der Waals surface area contributed by atoms with Crippen molar-refractivity contribution in [2.24, 2.45) is 0 Å². The molecule has 0 aliphatic heterocycles. The van der Waals surface area contributed by atoms with Gasteiger partial charge in [0.2, 0.25) is 0 Å². The van der Waals surface area contributed by atoms with Gasteiger partial charge in [-0.05, 0) is 55.3 Å². The number of hydrogen-bond donors (Lipinski definition) is 2. The summed E-state index contributed by atoms with van der Waals surface area (Å²) >= 11 is 0. The second kappa shape index (κ2) is 20.5. The van der Waals surface area contributed by atoms with Crippen LogP contribution >= 0.6 is 0 Å². The largest absolute Gasteiger partial charge is 0.317 e. The predicted molar refractivity (Wildman–Crippen MR) is 161 cm³/mol. The second-order valence-electron chi connectivity index (χ2n) is 10.2. The molecule has 0 aromatic heterocycles. The Morgan fingerprint density at radius 1 is 0.676 bits per heavy atom. The van der Waals surface area contributed by atoms with Crippen molar-refractivity contribution in [2.45, 2.75) is 135 Å². The number of aryl methyl sites for hydroxylation is 1. The van der Waals surface area contributed by atoms with Gasteiger partial charge in [0, 0.05) is 5.39 Å². The molecule has 0 radical (unpaired) electrons. The molecule has 5 heteroatoms. The quantitative estimate of drug-likeness (QED) is 0.139. The molecule has 0 amide bonds. The Labute approximate surface area is 228 Å². The average molecular weight is 534 g/mol. The van der Waals surface area contributed by atoms with Gasteiger partial charge in [-0.2, -0.15) is 8.42 Å². The molecule has 2 N–H and O–H groups in total. The molecule has 0 spiro atoms. The first kappa shape index (κ1) is 33.6. The van der Waals surface area contributed by atoms with Gasteiger partial charge in [-0.3, -0.25) is 4.55 Å². The van der Waals surface area contributed by atoms with Crippen LogP contribution in [-0.4, -0.2) is 26.1 Å². The molecule has 0 bridgehead atoms. The maximum atomic E-state index is 12.5. The Kier molecular flexibility index (Phi) is 18.6. The normalized spacial score (nSPS) is 11.5. The fraction of sp³-hybridized carbons (Fsp3) is 0.688. The van der Waals surface area contributed by atoms with Gasteiger partial charge < -0.3 is 5.32 Å². The van der Waals surface area contributed by atoms with E-state index in [2.05, 4.69) is 39.1 Å². The first-order chi connectivity index (χ1) is 17.9. The average Bonchev–Trinajstić information content (AvgIpc) is 2.87. The Morgan fingerprint density at radius 3 is 1.65 bits per heavy atom. The molecule has 0 atom stereocenters. The van der Waals surface area contributed by atoms with Crippen LogP contribution < -0.4 is 5.32 Å². The smallest absolute Gasteiger partial charge is 0.295 e. The SMILES string of the molecule is CCCCCCCCCc1cc2ccccc2c(S(=O)(=O)O)c1CCCCCCCCC.CCNCC. The molecule has 0 unspecified atom stereocenters. The third-order valence-corrected chi connectivity index (χ3v) is 8.02. The molecule has 212 valence electrons. The van der Waals surface area contributed by atoms with Gasteiger partial charge in [0.05, 0.1) is 0 Å². The molecular weight excluding hydrogens is 478 g/mol. The van der Waals surface area contributed by atoms with E-state index in [-0.39, 0.29) is 4.90 Å². The highest BCUT2D eigenvalue weighted by Crippen LogP contribution is 2.32. The van der Waals surface area contributed by atoms with E-state index in [1.807, 2.05) is 24.3 Å². The van der Waals surface area contributed by atoms with E-state index in [1.165, 1.54) is 70.6 Å². The molecule has 0 aliphatic carbocycles. The van der Waals surface area contributed by atoms with Crippen LogP contribution in [0, 0.1) is 0 Å². The molecule has 37 heavy (non-hydrogen) atoms. The van der Waals surface area contributed by atoms with Gasteiger partial charge in [0.1, 0.15) is 4.90 Å². The van der Waals surface area contributed by atoms with Crippen molar-refractivity contribution in [3.8, 4) is 0 Å². The summed E-state index contributed by atoms with van der Waals surface area (Å²) in [7, 11) is -4.28.